The van der Waals surface area contributed by atoms with Gasteiger partial charge in [0.1, 0.15) is 5.75 Å². The molecule has 18 heavy (non-hydrogen) atoms. The lowest BCUT2D eigenvalue weighted by molar-refractivity contribution is -0.000189. The SMILES string of the molecule is COc1ccc(N2CC3(CCOCC3)C2)cc1N. The van der Waals surface area contributed by atoms with Gasteiger partial charge in [0, 0.05) is 37.4 Å². The van der Waals surface area contributed by atoms with Gasteiger partial charge in [0.05, 0.1) is 12.8 Å². The van der Waals surface area contributed by atoms with Gasteiger partial charge in [-0.15, -0.1) is 0 Å². The molecule has 0 aromatic heterocycles. The first-order chi connectivity index (χ1) is 8.72. The molecule has 4 heteroatoms. The molecule has 0 aliphatic carbocycles. The topological polar surface area (TPSA) is 47.7 Å². The van der Waals surface area contributed by atoms with E-state index in [9.17, 15) is 0 Å². The molecule has 0 saturated carbocycles. The molecular weight excluding hydrogens is 228 g/mol. The molecule has 0 bridgehead atoms. The Hall–Kier alpha value is -1.42. The zero-order valence-electron chi connectivity index (χ0n) is 10.8. The fourth-order valence-corrected chi connectivity index (χ4v) is 2.99. The van der Waals surface area contributed by atoms with Crippen LogP contribution < -0.4 is 15.4 Å². The molecule has 2 fully saturated rings. The predicted octanol–water partition coefficient (Wildman–Crippen LogP) is 1.89. The largest absolute Gasteiger partial charge is 0.495 e. The molecule has 2 aliphatic heterocycles. The third kappa shape index (κ3) is 1.90. The van der Waals surface area contributed by atoms with E-state index in [1.54, 1.807) is 7.11 Å². The lowest BCUT2D eigenvalue weighted by Crippen LogP contribution is -2.58. The van der Waals surface area contributed by atoms with E-state index in [0.29, 0.717) is 11.1 Å². The van der Waals surface area contributed by atoms with Crippen LogP contribution in [0.3, 0.4) is 0 Å². The number of nitrogens with two attached hydrogens (primary N) is 1. The summed E-state index contributed by atoms with van der Waals surface area (Å²) >= 11 is 0. The maximum atomic E-state index is 5.95. The second-order valence-electron chi connectivity index (χ2n) is 5.39. The minimum atomic E-state index is 0.493. The summed E-state index contributed by atoms with van der Waals surface area (Å²) in [6, 6.07) is 6.03. The van der Waals surface area contributed by atoms with E-state index >= 15 is 0 Å². The number of methoxy groups -OCH3 is 1. The predicted molar refractivity (Wildman–Crippen MR) is 72.1 cm³/mol. The van der Waals surface area contributed by atoms with E-state index in [4.69, 9.17) is 15.2 Å². The van der Waals surface area contributed by atoms with Crippen LogP contribution in [-0.2, 0) is 4.74 Å². The Labute approximate surface area is 108 Å². The smallest absolute Gasteiger partial charge is 0.141 e. The van der Waals surface area contributed by atoms with Crippen molar-refractivity contribution in [1.29, 1.82) is 0 Å². The molecular formula is C14H20N2O2. The van der Waals surface area contributed by atoms with Crippen molar-refractivity contribution in [3.8, 4) is 5.75 Å². The molecule has 98 valence electrons. The van der Waals surface area contributed by atoms with Crippen LogP contribution in [0, 0.1) is 5.41 Å². The summed E-state index contributed by atoms with van der Waals surface area (Å²) in [5, 5.41) is 0. The van der Waals surface area contributed by atoms with Crippen molar-refractivity contribution in [3.05, 3.63) is 18.2 Å². The molecule has 0 unspecified atom stereocenters. The highest BCUT2D eigenvalue weighted by Crippen LogP contribution is 2.42. The van der Waals surface area contributed by atoms with Gasteiger partial charge >= 0.3 is 0 Å². The Morgan fingerprint density at radius 3 is 2.61 bits per heavy atom. The number of benzene rings is 1. The van der Waals surface area contributed by atoms with Crippen molar-refractivity contribution in [3.63, 3.8) is 0 Å². The normalized spacial score (nSPS) is 21.7. The fourth-order valence-electron chi connectivity index (χ4n) is 2.99. The maximum Gasteiger partial charge on any atom is 0.141 e. The lowest BCUT2D eigenvalue weighted by atomic mass is 9.73. The summed E-state index contributed by atoms with van der Waals surface area (Å²) in [7, 11) is 1.64. The number of nitrogen functional groups attached to an aromatic ring is 1. The van der Waals surface area contributed by atoms with E-state index in [0.717, 1.165) is 32.1 Å². The van der Waals surface area contributed by atoms with Crippen molar-refractivity contribution in [2.75, 3.05) is 44.0 Å². The quantitative estimate of drug-likeness (QED) is 0.812. The van der Waals surface area contributed by atoms with Crippen LogP contribution in [0.5, 0.6) is 5.75 Å². The van der Waals surface area contributed by atoms with Crippen LogP contribution >= 0.6 is 0 Å². The summed E-state index contributed by atoms with van der Waals surface area (Å²) in [5.74, 6) is 0.750. The zero-order valence-corrected chi connectivity index (χ0v) is 10.8. The number of ether oxygens (including phenoxy) is 2. The van der Waals surface area contributed by atoms with Crippen molar-refractivity contribution in [1.82, 2.24) is 0 Å². The standard InChI is InChI=1S/C14H20N2O2/c1-17-13-3-2-11(8-12(13)15)16-9-14(10-16)4-6-18-7-5-14/h2-3,8H,4-7,9-10,15H2,1H3. The van der Waals surface area contributed by atoms with E-state index in [2.05, 4.69) is 11.0 Å². The van der Waals surface area contributed by atoms with E-state index in [1.165, 1.54) is 18.5 Å². The van der Waals surface area contributed by atoms with Crippen LogP contribution in [0.15, 0.2) is 18.2 Å². The molecule has 3 rings (SSSR count). The molecule has 2 saturated heterocycles. The molecule has 1 spiro atoms. The highest BCUT2D eigenvalue weighted by atomic mass is 16.5. The number of nitrogens with zero attached hydrogens (tertiary/aromatic N) is 1. The first kappa shape index (κ1) is 11.7. The van der Waals surface area contributed by atoms with E-state index < -0.39 is 0 Å². The Morgan fingerprint density at radius 1 is 1.28 bits per heavy atom. The molecule has 4 nitrogen and oxygen atoms in total. The van der Waals surface area contributed by atoms with Crippen LogP contribution in [0.1, 0.15) is 12.8 Å². The van der Waals surface area contributed by atoms with Crippen molar-refractivity contribution in [2.45, 2.75) is 12.8 Å². The minimum Gasteiger partial charge on any atom is -0.495 e. The Balaban J connectivity index is 1.69. The van der Waals surface area contributed by atoms with Crippen LogP contribution in [-0.4, -0.2) is 33.4 Å². The summed E-state index contributed by atoms with van der Waals surface area (Å²) < 4.78 is 10.6. The molecule has 2 aliphatic rings. The van der Waals surface area contributed by atoms with Crippen LogP contribution in [0.25, 0.3) is 0 Å². The molecule has 1 aromatic rings. The zero-order chi connectivity index (χ0) is 12.6. The first-order valence-electron chi connectivity index (χ1n) is 6.49. The third-order valence-corrected chi connectivity index (χ3v) is 4.18. The van der Waals surface area contributed by atoms with Gasteiger partial charge in [0.2, 0.25) is 0 Å². The highest BCUT2D eigenvalue weighted by Gasteiger charge is 2.43. The molecule has 1 aromatic carbocycles. The lowest BCUT2D eigenvalue weighted by Gasteiger charge is -2.53. The number of hydrogen-bond acceptors (Lipinski definition) is 4. The average Bonchev–Trinajstić information content (AvgIpc) is 2.37. The number of rotatable bonds is 2. The summed E-state index contributed by atoms with van der Waals surface area (Å²) in [4.78, 5) is 2.39. The average molecular weight is 248 g/mol. The molecule has 2 heterocycles. The Morgan fingerprint density at radius 2 is 2.00 bits per heavy atom. The van der Waals surface area contributed by atoms with E-state index in [-0.39, 0.29) is 0 Å². The molecule has 0 atom stereocenters. The van der Waals surface area contributed by atoms with Gasteiger partial charge < -0.3 is 20.1 Å². The Bertz CT molecular complexity index is 433. The van der Waals surface area contributed by atoms with Gasteiger partial charge in [0.25, 0.3) is 0 Å². The van der Waals surface area contributed by atoms with Gasteiger partial charge in [-0.1, -0.05) is 0 Å². The summed E-state index contributed by atoms with van der Waals surface area (Å²) in [6.45, 7) is 4.08. The van der Waals surface area contributed by atoms with Gasteiger partial charge in [0.15, 0.2) is 0 Å². The summed E-state index contributed by atoms with van der Waals surface area (Å²) in [6.07, 6.45) is 2.38. The van der Waals surface area contributed by atoms with Gasteiger partial charge in [-0.2, -0.15) is 0 Å². The van der Waals surface area contributed by atoms with Gasteiger partial charge in [-0.25, -0.2) is 0 Å². The van der Waals surface area contributed by atoms with Gasteiger partial charge in [-0.05, 0) is 31.0 Å². The fraction of sp³-hybridized carbons (Fsp3) is 0.571. The maximum absolute atomic E-state index is 5.95. The number of hydrogen-bond donors (Lipinski definition) is 1. The van der Waals surface area contributed by atoms with Gasteiger partial charge in [-0.3, -0.25) is 0 Å². The minimum absolute atomic E-state index is 0.493. The van der Waals surface area contributed by atoms with Crippen molar-refractivity contribution < 1.29 is 9.47 Å². The number of anilines is 2. The Kier molecular flexibility index (Phi) is 2.82. The molecule has 0 radical (unpaired) electrons. The van der Waals surface area contributed by atoms with Crippen molar-refractivity contribution in [2.24, 2.45) is 5.41 Å². The van der Waals surface area contributed by atoms with Crippen LogP contribution in [0.2, 0.25) is 0 Å². The molecule has 2 N–H and O–H groups in total. The summed E-state index contributed by atoms with van der Waals surface area (Å²) in [5.41, 5.74) is 8.35. The highest BCUT2D eigenvalue weighted by molar-refractivity contribution is 5.64. The van der Waals surface area contributed by atoms with E-state index in [1.807, 2.05) is 12.1 Å². The van der Waals surface area contributed by atoms with Crippen molar-refractivity contribution >= 4 is 11.4 Å². The second kappa shape index (κ2) is 4.35. The first-order valence-corrected chi connectivity index (χ1v) is 6.49. The monoisotopic (exact) mass is 248 g/mol. The third-order valence-electron chi connectivity index (χ3n) is 4.18. The molecule has 0 amide bonds. The second-order valence-corrected chi connectivity index (χ2v) is 5.39. The van der Waals surface area contributed by atoms with Crippen LogP contribution in [0.4, 0.5) is 11.4 Å².